The van der Waals surface area contributed by atoms with E-state index < -0.39 is 0 Å². The monoisotopic (exact) mass is 408 g/mol. The molecular formula is C22H10Cl2S2. The number of hydrogen-bond donors (Lipinski definition) is 0. The maximum atomic E-state index is 6.85. The summed E-state index contributed by atoms with van der Waals surface area (Å²) in [6.07, 6.45) is 0. The van der Waals surface area contributed by atoms with Gasteiger partial charge in [-0.05, 0) is 22.9 Å². The lowest BCUT2D eigenvalue weighted by Gasteiger charge is -2.03. The van der Waals surface area contributed by atoms with Crippen LogP contribution in [-0.2, 0) is 0 Å². The molecule has 0 radical (unpaired) electrons. The quantitative estimate of drug-likeness (QED) is 0.235. The number of rotatable bonds is 0. The summed E-state index contributed by atoms with van der Waals surface area (Å²) in [5.41, 5.74) is 0. The third kappa shape index (κ3) is 1.91. The second-order valence-electron chi connectivity index (χ2n) is 6.43. The Labute approximate surface area is 167 Å². The van der Waals surface area contributed by atoms with Crippen LogP contribution in [0.1, 0.15) is 0 Å². The molecule has 0 fully saturated rings. The maximum Gasteiger partial charge on any atom is 0.0585 e. The third-order valence-electron chi connectivity index (χ3n) is 4.98. The first-order chi connectivity index (χ1) is 12.7. The highest BCUT2D eigenvalue weighted by Gasteiger charge is 2.19. The summed E-state index contributed by atoms with van der Waals surface area (Å²) in [5.74, 6) is 0. The number of fused-ring (bicyclic) bond motifs is 7. The van der Waals surface area contributed by atoms with E-state index in [1.54, 1.807) is 22.7 Å². The zero-order chi connectivity index (χ0) is 17.4. The van der Waals surface area contributed by atoms with Crippen LogP contribution in [0, 0.1) is 0 Å². The van der Waals surface area contributed by atoms with Crippen molar-refractivity contribution < 1.29 is 0 Å². The van der Waals surface area contributed by atoms with Crippen molar-refractivity contribution in [3.8, 4) is 0 Å². The smallest absolute Gasteiger partial charge is 0.0585 e. The van der Waals surface area contributed by atoms with Gasteiger partial charge in [0.2, 0.25) is 0 Å². The SMILES string of the molecule is Clc1c2ccccc2cc2sc3c(sc4cc5ccccc5c(Cl)c43)c12. The van der Waals surface area contributed by atoms with Gasteiger partial charge in [-0.25, -0.2) is 0 Å². The second-order valence-corrected chi connectivity index (χ2v) is 9.29. The van der Waals surface area contributed by atoms with E-state index in [-0.39, 0.29) is 0 Å². The molecule has 6 aromatic rings. The Morgan fingerprint density at radius 2 is 1.00 bits per heavy atom. The highest BCUT2D eigenvalue weighted by Crippen LogP contribution is 2.51. The molecule has 0 bridgehead atoms. The highest BCUT2D eigenvalue weighted by atomic mass is 35.5. The Bertz CT molecular complexity index is 1390. The molecule has 0 aliphatic heterocycles. The lowest BCUT2D eigenvalue weighted by atomic mass is 10.1. The van der Waals surface area contributed by atoms with E-state index in [0.29, 0.717) is 0 Å². The summed E-state index contributed by atoms with van der Waals surface area (Å²) in [5, 5.41) is 8.58. The van der Waals surface area contributed by atoms with Gasteiger partial charge in [-0.2, -0.15) is 0 Å². The van der Waals surface area contributed by atoms with Gasteiger partial charge in [-0.3, -0.25) is 0 Å². The van der Waals surface area contributed by atoms with E-state index in [1.807, 2.05) is 12.1 Å². The first-order valence-electron chi connectivity index (χ1n) is 8.25. The molecular weight excluding hydrogens is 399 g/mol. The van der Waals surface area contributed by atoms with Gasteiger partial charge in [-0.15, -0.1) is 22.7 Å². The van der Waals surface area contributed by atoms with Gasteiger partial charge in [-0.1, -0.05) is 71.7 Å². The van der Waals surface area contributed by atoms with E-state index in [9.17, 15) is 0 Å². The Morgan fingerprint density at radius 3 is 1.46 bits per heavy atom. The standard InChI is InChI=1S/C22H10Cl2S2/c23-19-13-7-3-1-5-11(13)9-15-17(19)21-22(25-15)18-16(26-21)10-12-6-2-4-8-14(12)20(18)24/h1-10H. The highest BCUT2D eigenvalue weighted by molar-refractivity contribution is 7.36. The van der Waals surface area contributed by atoms with E-state index in [1.165, 1.54) is 29.6 Å². The van der Waals surface area contributed by atoms with Gasteiger partial charge in [0.25, 0.3) is 0 Å². The fraction of sp³-hybridized carbons (Fsp3) is 0. The summed E-state index contributed by atoms with van der Waals surface area (Å²) in [6.45, 7) is 0. The minimum atomic E-state index is 0.844. The van der Waals surface area contributed by atoms with E-state index in [2.05, 4.69) is 48.5 Å². The van der Waals surface area contributed by atoms with Crippen LogP contribution in [0.3, 0.4) is 0 Å². The van der Waals surface area contributed by atoms with Crippen molar-refractivity contribution in [3.63, 3.8) is 0 Å². The molecule has 0 N–H and O–H groups in total. The lowest BCUT2D eigenvalue weighted by molar-refractivity contribution is 1.82. The van der Waals surface area contributed by atoms with Crippen LogP contribution in [-0.4, -0.2) is 0 Å². The van der Waals surface area contributed by atoms with Crippen molar-refractivity contribution in [2.75, 3.05) is 0 Å². The van der Waals surface area contributed by atoms with Crippen LogP contribution in [0.4, 0.5) is 0 Å². The molecule has 26 heavy (non-hydrogen) atoms. The number of thiophene rings is 2. The van der Waals surface area contributed by atoms with Crippen LogP contribution in [0.25, 0.3) is 51.1 Å². The van der Waals surface area contributed by atoms with Crippen LogP contribution in [0.5, 0.6) is 0 Å². The molecule has 6 rings (SSSR count). The first-order valence-corrected chi connectivity index (χ1v) is 10.6. The fourth-order valence-corrected chi connectivity index (χ4v) is 7.57. The Balaban J connectivity index is 1.87. The normalized spacial score (nSPS) is 12.2. The van der Waals surface area contributed by atoms with Crippen LogP contribution in [0.2, 0.25) is 10.0 Å². The summed E-state index contributed by atoms with van der Waals surface area (Å²) >= 11 is 17.3. The van der Waals surface area contributed by atoms with E-state index >= 15 is 0 Å². The molecule has 0 aliphatic rings. The van der Waals surface area contributed by atoms with Crippen molar-refractivity contribution in [2.45, 2.75) is 0 Å². The summed E-state index contributed by atoms with van der Waals surface area (Å²) in [6, 6.07) is 21.1. The summed E-state index contributed by atoms with van der Waals surface area (Å²) in [7, 11) is 0. The number of benzene rings is 4. The molecule has 0 nitrogen and oxygen atoms in total. The minimum Gasteiger partial charge on any atom is -0.133 e. The zero-order valence-corrected chi connectivity index (χ0v) is 16.5. The Hall–Kier alpha value is -1.84. The second kappa shape index (κ2) is 5.34. The molecule has 4 aromatic carbocycles. The molecule has 2 aromatic heterocycles. The number of halogens is 2. The van der Waals surface area contributed by atoms with Gasteiger partial charge < -0.3 is 0 Å². The molecule has 4 heteroatoms. The van der Waals surface area contributed by atoms with E-state index in [4.69, 9.17) is 23.2 Å². The van der Waals surface area contributed by atoms with Gasteiger partial charge in [0.1, 0.15) is 0 Å². The third-order valence-corrected chi connectivity index (χ3v) is 8.21. The van der Waals surface area contributed by atoms with E-state index in [0.717, 1.165) is 31.6 Å². The Morgan fingerprint density at radius 1 is 0.577 bits per heavy atom. The average Bonchev–Trinajstić information content (AvgIpc) is 3.17. The van der Waals surface area contributed by atoms with Crippen molar-refractivity contribution in [1.29, 1.82) is 0 Å². The molecule has 0 spiro atoms. The predicted molar refractivity (Wildman–Crippen MR) is 120 cm³/mol. The van der Waals surface area contributed by atoms with Crippen molar-refractivity contribution in [3.05, 3.63) is 70.7 Å². The average molecular weight is 409 g/mol. The van der Waals surface area contributed by atoms with Crippen molar-refractivity contribution >= 4 is 97.0 Å². The molecule has 0 saturated carbocycles. The van der Waals surface area contributed by atoms with Gasteiger partial charge in [0.05, 0.1) is 19.4 Å². The Kier molecular flexibility index (Phi) is 3.13. The molecule has 0 saturated heterocycles. The van der Waals surface area contributed by atoms with Crippen molar-refractivity contribution in [1.82, 2.24) is 0 Å². The van der Waals surface area contributed by atoms with Crippen molar-refractivity contribution in [2.24, 2.45) is 0 Å². The van der Waals surface area contributed by atoms with Gasteiger partial charge in [0, 0.05) is 30.9 Å². The van der Waals surface area contributed by atoms with Gasteiger partial charge >= 0.3 is 0 Å². The van der Waals surface area contributed by atoms with Crippen LogP contribution in [0.15, 0.2) is 60.7 Å². The summed E-state index contributed by atoms with van der Waals surface area (Å²) < 4.78 is 4.93. The first kappa shape index (κ1) is 15.2. The van der Waals surface area contributed by atoms with Crippen LogP contribution < -0.4 is 0 Å². The fourth-order valence-electron chi connectivity index (χ4n) is 3.78. The lowest BCUT2D eigenvalue weighted by Crippen LogP contribution is -1.74. The number of hydrogen-bond acceptors (Lipinski definition) is 2. The molecule has 0 unspecified atom stereocenters. The minimum absolute atomic E-state index is 0.844. The maximum absolute atomic E-state index is 6.85. The van der Waals surface area contributed by atoms with Crippen LogP contribution >= 0.6 is 45.9 Å². The zero-order valence-electron chi connectivity index (χ0n) is 13.3. The predicted octanol–water partition coefficient (Wildman–Crippen LogP) is 8.88. The molecule has 2 heterocycles. The van der Waals surface area contributed by atoms with Gasteiger partial charge in [0.15, 0.2) is 0 Å². The molecule has 0 atom stereocenters. The molecule has 0 aliphatic carbocycles. The molecule has 0 amide bonds. The topological polar surface area (TPSA) is 0 Å². The summed E-state index contributed by atoms with van der Waals surface area (Å²) in [4.78, 5) is 0. The molecule has 124 valence electrons. The largest absolute Gasteiger partial charge is 0.133 e.